The molecule has 1 aromatic carbocycles. The lowest BCUT2D eigenvalue weighted by atomic mass is 10.0. The van der Waals surface area contributed by atoms with Gasteiger partial charge in [-0.25, -0.2) is 0 Å². The summed E-state index contributed by atoms with van der Waals surface area (Å²) in [6.45, 7) is 4.03. The highest BCUT2D eigenvalue weighted by atomic mass is 35.5. The normalized spacial score (nSPS) is 13.4. The van der Waals surface area contributed by atoms with Crippen LogP contribution in [0.3, 0.4) is 0 Å². The molecular formula is C14H21Cl2NO2. The molecule has 2 N–H and O–H groups in total. The molecule has 2 unspecified atom stereocenters. The van der Waals surface area contributed by atoms with Crippen LogP contribution in [0.5, 0.6) is 0 Å². The van der Waals surface area contributed by atoms with Crippen LogP contribution in [-0.4, -0.2) is 17.1 Å². The van der Waals surface area contributed by atoms with E-state index in [1.54, 1.807) is 0 Å². The van der Waals surface area contributed by atoms with Gasteiger partial charge in [-0.2, -0.15) is 0 Å². The van der Waals surface area contributed by atoms with E-state index in [-0.39, 0.29) is 18.4 Å². The van der Waals surface area contributed by atoms with Gasteiger partial charge in [0, 0.05) is 11.1 Å². The average molecular weight is 306 g/mol. The van der Waals surface area contributed by atoms with Crippen LogP contribution in [0.15, 0.2) is 24.3 Å². The van der Waals surface area contributed by atoms with Crippen molar-refractivity contribution < 1.29 is 9.90 Å². The molecule has 0 bridgehead atoms. The molecular weight excluding hydrogens is 285 g/mol. The van der Waals surface area contributed by atoms with Gasteiger partial charge in [-0.15, -0.1) is 12.4 Å². The zero-order valence-electron chi connectivity index (χ0n) is 11.2. The van der Waals surface area contributed by atoms with Gasteiger partial charge in [0.15, 0.2) is 0 Å². The molecule has 0 radical (unpaired) electrons. The van der Waals surface area contributed by atoms with Crippen LogP contribution in [-0.2, 0) is 4.79 Å². The Morgan fingerprint density at radius 3 is 2.32 bits per heavy atom. The van der Waals surface area contributed by atoms with Crippen molar-refractivity contribution in [1.82, 2.24) is 5.32 Å². The van der Waals surface area contributed by atoms with E-state index in [4.69, 9.17) is 16.7 Å². The molecule has 19 heavy (non-hydrogen) atoms. The first-order valence-corrected chi connectivity index (χ1v) is 6.70. The first kappa shape index (κ1) is 18.2. The van der Waals surface area contributed by atoms with Crippen LogP contribution in [0.2, 0.25) is 5.02 Å². The highest BCUT2D eigenvalue weighted by Gasteiger charge is 2.20. The van der Waals surface area contributed by atoms with Crippen LogP contribution in [0.1, 0.15) is 44.7 Å². The third-order valence-corrected chi connectivity index (χ3v) is 3.21. The maximum absolute atomic E-state index is 11.1. The number of benzene rings is 1. The molecule has 0 spiro atoms. The smallest absolute Gasteiger partial charge is 0.320 e. The van der Waals surface area contributed by atoms with E-state index in [9.17, 15) is 4.79 Å². The largest absolute Gasteiger partial charge is 0.480 e. The fourth-order valence-electron chi connectivity index (χ4n) is 1.95. The Morgan fingerprint density at radius 2 is 1.89 bits per heavy atom. The molecule has 0 heterocycles. The predicted octanol–water partition coefficient (Wildman–Crippen LogP) is 4.06. The second kappa shape index (κ2) is 9.18. The summed E-state index contributed by atoms with van der Waals surface area (Å²) in [5, 5.41) is 13.0. The van der Waals surface area contributed by atoms with Crippen LogP contribution in [0, 0.1) is 0 Å². The number of nitrogens with one attached hydrogen (secondary N) is 1. The van der Waals surface area contributed by atoms with Crippen LogP contribution in [0.25, 0.3) is 0 Å². The van der Waals surface area contributed by atoms with E-state index in [0.29, 0.717) is 11.4 Å². The van der Waals surface area contributed by atoms with Gasteiger partial charge in [-0.3, -0.25) is 10.1 Å². The Bertz CT molecular complexity index is 382. The van der Waals surface area contributed by atoms with Gasteiger partial charge in [0.1, 0.15) is 6.04 Å². The second-order valence-corrected chi connectivity index (χ2v) is 4.79. The Kier molecular flexibility index (Phi) is 8.81. The van der Waals surface area contributed by atoms with Gasteiger partial charge in [0.05, 0.1) is 0 Å². The van der Waals surface area contributed by atoms with Crippen molar-refractivity contribution in [2.75, 3.05) is 0 Å². The van der Waals surface area contributed by atoms with Crippen molar-refractivity contribution >= 4 is 30.0 Å². The molecule has 5 heteroatoms. The van der Waals surface area contributed by atoms with Crippen molar-refractivity contribution in [2.45, 2.75) is 45.2 Å². The van der Waals surface area contributed by atoms with Gasteiger partial charge >= 0.3 is 5.97 Å². The van der Waals surface area contributed by atoms with Gasteiger partial charge < -0.3 is 5.11 Å². The quantitative estimate of drug-likeness (QED) is 0.799. The van der Waals surface area contributed by atoms with Gasteiger partial charge in [0.2, 0.25) is 0 Å². The fraction of sp³-hybridized carbons (Fsp3) is 0.500. The Hall–Kier alpha value is -0.770. The average Bonchev–Trinajstić information content (AvgIpc) is 2.35. The van der Waals surface area contributed by atoms with Crippen LogP contribution in [0.4, 0.5) is 0 Å². The number of carboxylic acids is 1. The summed E-state index contributed by atoms with van der Waals surface area (Å²) in [6.07, 6.45) is 2.33. The number of rotatable bonds is 7. The Balaban J connectivity index is 0.00000324. The highest BCUT2D eigenvalue weighted by molar-refractivity contribution is 6.30. The fourth-order valence-corrected chi connectivity index (χ4v) is 2.08. The zero-order valence-corrected chi connectivity index (χ0v) is 12.8. The van der Waals surface area contributed by atoms with Crippen molar-refractivity contribution in [2.24, 2.45) is 0 Å². The minimum absolute atomic E-state index is 0. The van der Waals surface area contributed by atoms with Gasteiger partial charge in [-0.1, -0.05) is 44.0 Å². The van der Waals surface area contributed by atoms with E-state index in [1.165, 1.54) is 0 Å². The molecule has 0 aliphatic heterocycles. The summed E-state index contributed by atoms with van der Waals surface area (Å²) < 4.78 is 0. The summed E-state index contributed by atoms with van der Waals surface area (Å²) in [6, 6.07) is 7.10. The van der Waals surface area contributed by atoms with E-state index in [1.807, 2.05) is 38.1 Å². The van der Waals surface area contributed by atoms with E-state index < -0.39 is 12.0 Å². The standard InChI is InChI=1S/C14H20ClNO2.ClH/c1-3-5-13(14(17)18)16-12(4-2)10-6-8-11(15)9-7-10;/h6-9,12-13,16H,3-5H2,1-2H3,(H,17,18);1H. The maximum atomic E-state index is 11.1. The lowest BCUT2D eigenvalue weighted by Crippen LogP contribution is -2.38. The maximum Gasteiger partial charge on any atom is 0.320 e. The second-order valence-electron chi connectivity index (χ2n) is 4.36. The first-order valence-electron chi connectivity index (χ1n) is 6.32. The lowest BCUT2D eigenvalue weighted by molar-refractivity contribution is -0.139. The number of hydrogen-bond acceptors (Lipinski definition) is 2. The molecule has 0 fully saturated rings. The molecule has 0 aliphatic carbocycles. The van der Waals surface area contributed by atoms with E-state index >= 15 is 0 Å². The third-order valence-electron chi connectivity index (χ3n) is 2.96. The summed E-state index contributed by atoms with van der Waals surface area (Å²) in [4.78, 5) is 11.1. The number of halogens is 2. The summed E-state index contributed by atoms with van der Waals surface area (Å²) >= 11 is 5.85. The molecule has 0 aromatic heterocycles. The van der Waals surface area contributed by atoms with E-state index in [2.05, 4.69) is 5.32 Å². The SMILES string of the molecule is CCCC(NC(CC)c1ccc(Cl)cc1)C(=O)O.Cl. The molecule has 1 aromatic rings. The Morgan fingerprint density at radius 1 is 1.32 bits per heavy atom. The van der Waals surface area contributed by atoms with Crippen molar-refractivity contribution in [3.8, 4) is 0 Å². The van der Waals surface area contributed by atoms with Crippen molar-refractivity contribution in [3.05, 3.63) is 34.9 Å². The molecule has 3 nitrogen and oxygen atoms in total. The van der Waals surface area contributed by atoms with Crippen molar-refractivity contribution in [3.63, 3.8) is 0 Å². The summed E-state index contributed by atoms with van der Waals surface area (Å²) in [7, 11) is 0. The number of aliphatic carboxylic acids is 1. The van der Waals surface area contributed by atoms with Crippen LogP contribution < -0.4 is 5.32 Å². The highest BCUT2D eigenvalue weighted by Crippen LogP contribution is 2.20. The topological polar surface area (TPSA) is 49.3 Å². The van der Waals surface area contributed by atoms with Gasteiger partial charge in [0.25, 0.3) is 0 Å². The molecule has 0 saturated carbocycles. The number of hydrogen-bond donors (Lipinski definition) is 2. The van der Waals surface area contributed by atoms with Crippen LogP contribution >= 0.6 is 24.0 Å². The van der Waals surface area contributed by atoms with Gasteiger partial charge in [-0.05, 0) is 30.5 Å². The Labute approximate surface area is 125 Å². The minimum Gasteiger partial charge on any atom is -0.480 e. The zero-order chi connectivity index (χ0) is 13.5. The monoisotopic (exact) mass is 305 g/mol. The minimum atomic E-state index is -0.788. The summed E-state index contributed by atoms with van der Waals surface area (Å²) in [5.41, 5.74) is 1.07. The molecule has 2 atom stereocenters. The van der Waals surface area contributed by atoms with E-state index in [0.717, 1.165) is 18.4 Å². The lowest BCUT2D eigenvalue weighted by Gasteiger charge is -2.22. The molecule has 0 saturated heterocycles. The molecule has 0 aliphatic rings. The molecule has 1 rings (SSSR count). The predicted molar refractivity (Wildman–Crippen MR) is 81.2 cm³/mol. The number of carbonyl (C=O) groups is 1. The summed E-state index contributed by atoms with van der Waals surface area (Å²) in [5.74, 6) is -0.788. The third kappa shape index (κ3) is 5.81. The molecule has 108 valence electrons. The number of carboxylic acid groups (broad SMARTS) is 1. The first-order chi connectivity index (χ1) is 8.58. The van der Waals surface area contributed by atoms with Crippen molar-refractivity contribution in [1.29, 1.82) is 0 Å². The molecule has 0 amide bonds.